The second kappa shape index (κ2) is 6.42. The molecule has 0 saturated heterocycles. The standard InChI is InChI=1S/C20H25NO3/c1-14-18(16-10-5-4-6-11-16)19(23)21(13-24-14)20(2,3)17(22)12-15-8-7-9-15/h4-6,10-11,15H,7-9,12-13H2,1-3H3. The number of amides is 1. The van der Waals surface area contributed by atoms with Crippen LogP contribution in [0.25, 0.3) is 5.57 Å². The van der Waals surface area contributed by atoms with Gasteiger partial charge >= 0.3 is 0 Å². The lowest BCUT2D eigenvalue weighted by Gasteiger charge is -2.41. The quantitative estimate of drug-likeness (QED) is 0.827. The van der Waals surface area contributed by atoms with Gasteiger partial charge in [-0.15, -0.1) is 0 Å². The van der Waals surface area contributed by atoms with Crippen LogP contribution >= 0.6 is 0 Å². The van der Waals surface area contributed by atoms with Crippen molar-refractivity contribution in [2.24, 2.45) is 5.92 Å². The summed E-state index contributed by atoms with van der Waals surface area (Å²) < 4.78 is 5.74. The molecule has 3 rings (SSSR count). The summed E-state index contributed by atoms with van der Waals surface area (Å²) >= 11 is 0. The number of hydrogen-bond acceptors (Lipinski definition) is 3. The van der Waals surface area contributed by atoms with Crippen LogP contribution in [-0.4, -0.2) is 28.9 Å². The number of nitrogens with zero attached hydrogens (tertiary/aromatic N) is 1. The van der Waals surface area contributed by atoms with E-state index in [4.69, 9.17) is 4.74 Å². The Morgan fingerprint density at radius 2 is 1.92 bits per heavy atom. The molecule has 128 valence electrons. The molecule has 2 aliphatic rings. The molecule has 1 aliphatic heterocycles. The number of hydrogen-bond donors (Lipinski definition) is 0. The highest BCUT2D eigenvalue weighted by Crippen LogP contribution is 2.35. The van der Waals surface area contributed by atoms with E-state index in [-0.39, 0.29) is 18.4 Å². The van der Waals surface area contributed by atoms with Gasteiger partial charge in [-0.2, -0.15) is 0 Å². The van der Waals surface area contributed by atoms with Crippen LogP contribution in [0.15, 0.2) is 36.1 Å². The molecule has 1 aromatic rings. The van der Waals surface area contributed by atoms with Gasteiger partial charge in [0.05, 0.1) is 11.1 Å². The summed E-state index contributed by atoms with van der Waals surface area (Å²) in [6, 6.07) is 9.50. The molecule has 4 nitrogen and oxygen atoms in total. The minimum atomic E-state index is -0.854. The lowest BCUT2D eigenvalue weighted by atomic mass is 9.78. The highest BCUT2D eigenvalue weighted by molar-refractivity contribution is 6.21. The number of ketones is 1. The molecular weight excluding hydrogens is 302 g/mol. The van der Waals surface area contributed by atoms with Crippen LogP contribution in [0.1, 0.15) is 52.0 Å². The second-order valence-corrected chi connectivity index (χ2v) is 7.29. The largest absolute Gasteiger partial charge is 0.477 e. The maximum absolute atomic E-state index is 13.1. The van der Waals surface area contributed by atoms with Gasteiger partial charge in [-0.25, -0.2) is 0 Å². The van der Waals surface area contributed by atoms with E-state index in [1.807, 2.05) is 44.2 Å². The van der Waals surface area contributed by atoms with Crippen molar-refractivity contribution in [2.45, 2.75) is 52.0 Å². The minimum Gasteiger partial charge on any atom is -0.477 e. The Hall–Kier alpha value is -2.10. The molecular formula is C20H25NO3. The fraction of sp³-hybridized carbons (Fsp3) is 0.500. The SMILES string of the molecule is CC1=C(c2ccccc2)C(=O)N(C(C)(C)C(=O)CC2CCC2)CO1. The fourth-order valence-electron chi connectivity index (χ4n) is 3.28. The van der Waals surface area contributed by atoms with Gasteiger partial charge in [0.15, 0.2) is 12.5 Å². The molecule has 4 heteroatoms. The second-order valence-electron chi connectivity index (χ2n) is 7.29. The molecule has 0 N–H and O–H groups in total. The van der Waals surface area contributed by atoms with E-state index in [1.165, 1.54) is 6.42 Å². The molecule has 0 unspecified atom stereocenters. The van der Waals surface area contributed by atoms with E-state index >= 15 is 0 Å². The maximum atomic E-state index is 13.1. The van der Waals surface area contributed by atoms with Crippen molar-refractivity contribution >= 4 is 17.3 Å². The summed E-state index contributed by atoms with van der Waals surface area (Å²) in [6.45, 7) is 5.60. The van der Waals surface area contributed by atoms with Gasteiger partial charge < -0.3 is 4.74 Å². The lowest BCUT2D eigenvalue weighted by Crippen LogP contribution is -2.55. The van der Waals surface area contributed by atoms with Gasteiger partial charge in [0.2, 0.25) is 0 Å². The molecule has 1 aliphatic carbocycles. The predicted octanol–water partition coefficient (Wildman–Crippen LogP) is 3.77. The van der Waals surface area contributed by atoms with Crippen molar-refractivity contribution in [3.8, 4) is 0 Å². The monoisotopic (exact) mass is 327 g/mol. The first-order valence-electron chi connectivity index (χ1n) is 8.65. The Balaban J connectivity index is 1.84. The number of rotatable bonds is 5. The highest BCUT2D eigenvalue weighted by Gasteiger charge is 2.42. The smallest absolute Gasteiger partial charge is 0.261 e. The van der Waals surface area contributed by atoms with Gasteiger partial charge in [0.1, 0.15) is 5.76 Å². The van der Waals surface area contributed by atoms with Crippen LogP contribution in [0.5, 0.6) is 0 Å². The summed E-state index contributed by atoms with van der Waals surface area (Å²) in [5.74, 6) is 1.10. The van der Waals surface area contributed by atoms with Gasteiger partial charge in [-0.3, -0.25) is 14.5 Å². The third kappa shape index (κ3) is 2.97. The first-order chi connectivity index (χ1) is 11.4. The van der Waals surface area contributed by atoms with Crippen molar-refractivity contribution < 1.29 is 14.3 Å². The molecule has 24 heavy (non-hydrogen) atoms. The average Bonchev–Trinajstić information content (AvgIpc) is 2.51. The van der Waals surface area contributed by atoms with Crippen LogP contribution in [0, 0.1) is 5.92 Å². The number of Topliss-reactive ketones (excluding diaryl/α,β-unsaturated/α-hetero) is 1. The molecule has 0 spiro atoms. The van der Waals surface area contributed by atoms with Crippen molar-refractivity contribution in [1.82, 2.24) is 4.90 Å². The van der Waals surface area contributed by atoms with Crippen molar-refractivity contribution in [3.63, 3.8) is 0 Å². The zero-order valence-corrected chi connectivity index (χ0v) is 14.7. The Labute approximate surface area is 143 Å². The molecule has 0 aromatic heterocycles. The number of allylic oxidation sites excluding steroid dienone is 1. The lowest BCUT2D eigenvalue weighted by molar-refractivity contribution is -0.149. The van der Waals surface area contributed by atoms with Gasteiger partial charge in [0, 0.05) is 6.42 Å². The Bertz CT molecular complexity index is 671. The predicted molar refractivity (Wildman–Crippen MR) is 92.9 cm³/mol. The summed E-state index contributed by atoms with van der Waals surface area (Å²) in [4.78, 5) is 27.4. The summed E-state index contributed by atoms with van der Waals surface area (Å²) in [5.41, 5.74) is 0.520. The van der Waals surface area contributed by atoms with E-state index in [2.05, 4.69) is 0 Å². The minimum absolute atomic E-state index is 0.121. The summed E-state index contributed by atoms with van der Waals surface area (Å²) in [6.07, 6.45) is 4.02. The van der Waals surface area contributed by atoms with Crippen LogP contribution in [0.4, 0.5) is 0 Å². The van der Waals surface area contributed by atoms with Gasteiger partial charge in [0.25, 0.3) is 5.91 Å². The number of carbonyl (C=O) groups is 2. The zero-order valence-electron chi connectivity index (χ0n) is 14.7. The van der Waals surface area contributed by atoms with E-state index in [1.54, 1.807) is 11.8 Å². The molecule has 1 fully saturated rings. The summed E-state index contributed by atoms with van der Waals surface area (Å²) in [7, 11) is 0. The van der Waals surface area contributed by atoms with Crippen molar-refractivity contribution in [1.29, 1.82) is 0 Å². The van der Waals surface area contributed by atoms with E-state index < -0.39 is 5.54 Å². The van der Waals surface area contributed by atoms with Crippen molar-refractivity contribution in [2.75, 3.05) is 6.73 Å². The molecule has 1 amide bonds. The van der Waals surface area contributed by atoms with Gasteiger partial charge in [-0.05, 0) is 32.3 Å². The normalized spacial score (nSPS) is 19.1. The van der Waals surface area contributed by atoms with Gasteiger partial charge in [-0.1, -0.05) is 49.6 Å². The number of ether oxygens (including phenoxy) is 1. The molecule has 1 aromatic carbocycles. The van der Waals surface area contributed by atoms with E-state index in [0.717, 1.165) is 18.4 Å². The molecule has 1 saturated carbocycles. The Morgan fingerprint density at radius 3 is 2.50 bits per heavy atom. The molecule has 0 bridgehead atoms. The Morgan fingerprint density at radius 1 is 1.25 bits per heavy atom. The number of benzene rings is 1. The average molecular weight is 327 g/mol. The number of carbonyl (C=O) groups excluding carboxylic acids is 2. The maximum Gasteiger partial charge on any atom is 0.261 e. The van der Waals surface area contributed by atoms with Crippen molar-refractivity contribution in [3.05, 3.63) is 41.7 Å². The molecule has 0 atom stereocenters. The van der Waals surface area contributed by atoms with E-state index in [0.29, 0.717) is 23.7 Å². The first-order valence-corrected chi connectivity index (χ1v) is 8.65. The third-order valence-electron chi connectivity index (χ3n) is 5.34. The fourth-order valence-corrected chi connectivity index (χ4v) is 3.28. The summed E-state index contributed by atoms with van der Waals surface area (Å²) in [5, 5.41) is 0. The third-order valence-corrected chi connectivity index (χ3v) is 5.34. The highest BCUT2D eigenvalue weighted by atomic mass is 16.5. The molecule has 1 heterocycles. The topological polar surface area (TPSA) is 46.6 Å². The molecule has 0 radical (unpaired) electrons. The van der Waals surface area contributed by atoms with Crippen LogP contribution in [-0.2, 0) is 14.3 Å². The van der Waals surface area contributed by atoms with E-state index in [9.17, 15) is 9.59 Å². The van der Waals surface area contributed by atoms with Crippen LogP contribution in [0.3, 0.4) is 0 Å². The van der Waals surface area contributed by atoms with Crippen LogP contribution in [0.2, 0.25) is 0 Å². The first kappa shape index (κ1) is 16.7. The Kier molecular flexibility index (Phi) is 4.48. The zero-order chi connectivity index (χ0) is 17.3. The van der Waals surface area contributed by atoms with Crippen LogP contribution < -0.4 is 0 Å².